The molecule has 6 nitrogen and oxygen atoms in total. The zero-order valence-electron chi connectivity index (χ0n) is 15.6. The van der Waals surface area contributed by atoms with Crippen LogP contribution in [0.15, 0.2) is 24.3 Å². The van der Waals surface area contributed by atoms with E-state index in [2.05, 4.69) is 13.8 Å². The van der Waals surface area contributed by atoms with Crippen molar-refractivity contribution in [2.45, 2.75) is 57.7 Å². The highest BCUT2D eigenvalue weighted by molar-refractivity contribution is 6.11. The summed E-state index contributed by atoms with van der Waals surface area (Å²) in [5.41, 5.74) is 0.198. The van der Waals surface area contributed by atoms with Crippen LogP contribution in [-0.2, 0) is 9.59 Å². The lowest BCUT2D eigenvalue weighted by Gasteiger charge is -2.49. The maximum atomic E-state index is 13.2. The van der Waals surface area contributed by atoms with Crippen molar-refractivity contribution in [3.63, 3.8) is 0 Å². The Hall–Kier alpha value is -2.37. The zero-order chi connectivity index (χ0) is 18.7. The maximum absolute atomic E-state index is 13.2. The predicted molar refractivity (Wildman–Crippen MR) is 97.6 cm³/mol. The quantitative estimate of drug-likeness (QED) is 0.818. The Morgan fingerprint density at radius 1 is 1.12 bits per heavy atom. The van der Waals surface area contributed by atoms with Crippen LogP contribution in [0.2, 0.25) is 0 Å². The summed E-state index contributed by atoms with van der Waals surface area (Å²) in [7, 11) is 0. The first-order valence-electron chi connectivity index (χ1n) is 9.30. The van der Waals surface area contributed by atoms with Crippen LogP contribution in [0.25, 0.3) is 0 Å². The standard InChI is InChI=1S/C20H25N3O3/c1-19(2)10-6-12-21(19)17(25)13-22-18(26)14-7-4-5-8-15(14)23-16(24)9-11-20(22,23)3/h4-5,7-8H,6,9-13H2,1-3H3/t20-/m1/s1. The van der Waals surface area contributed by atoms with Crippen LogP contribution in [0, 0.1) is 0 Å². The van der Waals surface area contributed by atoms with E-state index in [0.29, 0.717) is 24.1 Å². The first kappa shape index (κ1) is 17.1. The molecule has 3 heterocycles. The van der Waals surface area contributed by atoms with Gasteiger partial charge in [-0.3, -0.25) is 19.3 Å². The Bertz CT molecular complexity index is 803. The van der Waals surface area contributed by atoms with Crippen LogP contribution < -0.4 is 4.90 Å². The monoisotopic (exact) mass is 355 g/mol. The lowest BCUT2D eigenvalue weighted by atomic mass is 9.97. The Labute approximate surface area is 153 Å². The SMILES string of the molecule is CC1(C)CCCN1C(=O)CN1C(=O)c2ccccc2N2C(=O)CC[C@]12C. The van der Waals surface area contributed by atoms with Gasteiger partial charge < -0.3 is 9.80 Å². The zero-order valence-corrected chi connectivity index (χ0v) is 15.6. The van der Waals surface area contributed by atoms with Crippen molar-refractivity contribution in [2.24, 2.45) is 0 Å². The summed E-state index contributed by atoms with van der Waals surface area (Å²) in [5.74, 6) is -0.202. The molecule has 0 N–H and O–H groups in total. The minimum Gasteiger partial charge on any atom is -0.336 e. The topological polar surface area (TPSA) is 60.9 Å². The highest BCUT2D eigenvalue weighted by atomic mass is 16.2. The van der Waals surface area contributed by atoms with Gasteiger partial charge in [0.2, 0.25) is 11.8 Å². The molecule has 0 bridgehead atoms. The molecular formula is C20H25N3O3. The second-order valence-electron chi connectivity index (χ2n) is 8.32. The van der Waals surface area contributed by atoms with Gasteiger partial charge in [-0.25, -0.2) is 0 Å². The molecule has 6 heteroatoms. The average molecular weight is 355 g/mol. The summed E-state index contributed by atoms with van der Waals surface area (Å²) in [4.78, 5) is 44.0. The molecule has 3 amide bonds. The van der Waals surface area contributed by atoms with Crippen LogP contribution in [0.1, 0.15) is 56.8 Å². The van der Waals surface area contributed by atoms with Gasteiger partial charge in [-0.1, -0.05) is 12.1 Å². The second kappa shape index (κ2) is 5.56. The number of benzene rings is 1. The van der Waals surface area contributed by atoms with Gasteiger partial charge in [-0.15, -0.1) is 0 Å². The number of para-hydroxylation sites is 1. The Kier molecular flexibility index (Phi) is 3.65. The molecule has 2 fully saturated rings. The number of likely N-dealkylation sites (tertiary alicyclic amines) is 1. The summed E-state index contributed by atoms with van der Waals surface area (Å²) < 4.78 is 0. The molecule has 4 rings (SSSR count). The summed E-state index contributed by atoms with van der Waals surface area (Å²) in [6, 6.07) is 7.19. The number of amides is 3. The number of hydrogen-bond donors (Lipinski definition) is 0. The highest BCUT2D eigenvalue weighted by Crippen LogP contribution is 2.44. The molecule has 1 aromatic carbocycles. The van der Waals surface area contributed by atoms with Gasteiger partial charge in [-0.2, -0.15) is 0 Å². The molecule has 1 atom stereocenters. The molecule has 0 unspecified atom stereocenters. The largest absolute Gasteiger partial charge is 0.336 e. The van der Waals surface area contributed by atoms with E-state index in [1.807, 2.05) is 24.0 Å². The van der Waals surface area contributed by atoms with Crippen molar-refractivity contribution in [2.75, 3.05) is 18.0 Å². The van der Waals surface area contributed by atoms with Gasteiger partial charge in [-0.05, 0) is 52.2 Å². The second-order valence-corrected chi connectivity index (χ2v) is 8.32. The Morgan fingerprint density at radius 2 is 1.85 bits per heavy atom. The van der Waals surface area contributed by atoms with Crippen LogP contribution in [0.5, 0.6) is 0 Å². The molecule has 0 radical (unpaired) electrons. The van der Waals surface area contributed by atoms with E-state index in [-0.39, 0.29) is 29.8 Å². The fraction of sp³-hybridized carbons (Fsp3) is 0.550. The van der Waals surface area contributed by atoms with Gasteiger partial charge in [0, 0.05) is 18.5 Å². The molecular weight excluding hydrogens is 330 g/mol. The minimum atomic E-state index is -0.776. The van der Waals surface area contributed by atoms with Crippen LogP contribution >= 0.6 is 0 Å². The van der Waals surface area contributed by atoms with Crippen molar-refractivity contribution < 1.29 is 14.4 Å². The third-order valence-corrected chi connectivity index (χ3v) is 6.24. The lowest BCUT2D eigenvalue weighted by Crippen LogP contribution is -2.64. The van der Waals surface area contributed by atoms with Crippen LogP contribution in [0.4, 0.5) is 5.69 Å². The molecule has 3 aliphatic heterocycles. The fourth-order valence-electron chi connectivity index (χ4n) is 4.73. The maximum Gasteiger partial charge on any atom is 0.258 e. The molecule has 2 saturated heterocycles. The van der Waals surface area contributed by atoms with Gasteiger partial charge in [0.05, 0.1) is 11.3 Å². The Morgan fingerprint density at radius 3 is 2.54 bits per heavy atom. The molecule has 1 aromatic rings. The number of carbonyl (C=O) groups is 3. The molecule has 3 aliphatic rings. The van der Waals surface area contributed by atoms with Gasteiger partial charge in [0.15, 0.2) is 0 Å². The summed E-state index contributed by atoms with van der Waals surface area (Å²) in [6.45, 7) is 6.77. The number of rotatable bonds is 2. The van der Waals surface area contributed by atoms with Crippen molar-refractivity contribution >= 4 is 23.4 Å². The van der Waals surface area contributed by atoms with Gasteiger partial charge >= 0.3 is 0 Å². The normalized spacial score (nSPS) is 27.0. The van der Waals surface area contributed by atoms with Crippen molar-refractivity contribution in [1.82, 2.24) is 9.80 Å². The first-order chi connectivity index (χ1) is 12.3. The van der Waals surface area contributed by atoms with Crippen LogP contribution in [0.3, 0.4) is 0 Å². The van der Waals surface area contributed by atoms with E-state index in [0.717, 1.165) is 19.4 Å². The molecule has 0 aliphatic carbocycles. The average Bonchev–Trinajstić information content (AvgIpc) is 3.11. The summed E-state index contributed by atoms with van der Waals surface area (Å²) in [6.07, 6.45) is 2.88. The van der Waals surface area contributed by atoms with Crippen molar-refractivity contribution in [3.05, 3.63) is 29.8 Å². The molecule has 0 spiro atoms. The Balaban J connectivity index is 1.71. The van der Waals surface area contributed by atoms with Crippen LogP contribution in [-0.4, -0.2) is 51.8 Å². The number of fused-ring (bicyclic) bond motifs is 3. The smallest absolute Gasteiger partial charge is 0.258 e. The highest BCUT2D eigenvalue weighted by Gasteiger charge is 2.54. The summed E-state index contributed by atoms with van der Waals surface area (Å²) in [5, 5.41) is 0. The molecule has 0 saturated carbocycles. The van der Waals surface area contributed by atoms with Gasteiger partial charge in [0.1, 0.15) is 12.2 Å². The first-order valence-corrected chi connectivity index (χ1v) is 9.30. The summed E-state index contributed by atoms with van der Waals surface area (Å²) >= 11 is 0. The number of anilines is 1. The molecule has 0 aromatic heterocycles. The third-order valence-electron chi connectivity index (χ3n) is 6.24. The van der Waals surface area contributed by atoms with E-state index in [9.17, 15) is 14.4 Å². The third kappa shape index (κ3) is 2.27. The van der Waals surface area contributed by atoms with Crippen molar-refractivity contribution in [1.29, 1.82) is 0 Å². The van der Waals surface area contributed by atoms with Gasteiger partial charge in [0.25, 0.3) is 5.91 Å². The minimum absolute atomic E-state index is 0.00593. The van der Waals surface area contributed by atoms with E-state index < -0.39 is 5.66 Å². The molecule has 138 valence electrons. The number of hydrogen-bond acceptors (Lipinski definition) is 3. The van der Waals surface area contributed by atoms with Crippen molar-refractivity contribution in [3.8, 4) is 0 Å². The fourth-order valence-corrected chi connectivity index (χ4v) is 4.73. The number of nitrogens with zero attached hydrogens (tertiary/aromatic N) is 3. The van der Waals surface area contributed by atoms with E-state index in [1.54, 1.807) is 21.9 Å². The lowest BCUT2D eigenvalue weighted by molar-refractivity contribution is -0.136. The van der Waals surface area contributed by atoms with E-state index in [1.165, 1.54) is 0 Å². The number of carbonyl (C=O) groups excluding carboxylic acids is 3. The van der Waals surface area contributed by atoms with E-state index >= 15 is 0 Å². The molecule has 26 heavy (non-hydrogen) atoms. The van der Waals surface area contributed by atoms with E-state index in [4.69, 9.17) is 0 Å². The predicted octanol–water partition coefficient (Wildman–Crippen LogP) is 2.39.